The van der Waals surface area contributed by atoms with E-state index in [2.05, 4.69) is 0 Å². The molecule has 0 aromatic heterocycles. The Morgan fingerprint density at radius 1 is 1.58 bits per heavy atom. The molecule has 1 rings (SSSR count). The minimum absolute atomic E-state index is 0.0505. The van der Waals surface area contributed by atoms with Gasteiger partial charge in [0.2, 0.25) is 5.12 Å². The van der Waals surface area contributed by atoms with Crippen LogP contribution < -0.4 is 4.74 Å². The van der Waals surface area contributed by atoms with Crippen LogP contribution in [0, 0.1) is 0 Å². The third-order valence-corrected chi connectivity index (χ3v) is 2.95. The van der Waals surface area contributed by atoms with Gasteiger partial charge in [-0.05, 0) is 21.1 Å². The summed E-state index contributed by atoms with van der Waals surface area (Å²) in [5.74, 6) is 0.714. The van der Waals surface area contributed by atoms with E-state index in [1.54, 1.807) is 25.3 Å². The number of methoxy groups -OCH3 is 1. The van der Waals surface area contributed by atoms with E-state index in [0.717, 1.165) is 0 Å². The Labute approximate surface area is 87.3 Å². The molecule has 0 spiro atoms. The summed E-state index contributed by atoms with van der Waals surface area (Å²) in [6, 6.07) is 7.12. The molecule has 2 nitrogen and oxygen atoms in total. The molecule has 0 aliphatic heterocycles. The summed E-state index contributed by atoms with van der Waals surface area (Å²) in [5, 5.41) is 0.0505. The fourth-order valence-corrected chi connectivity index (χ4v) is 1.77. The van der Waals surface area contributed by atoms with Crippen molar-refractivity contribution in [3.8, 4) is 5.75 Å². The second-order valence-electron chi connectivity index (χ2n) is 2.10. The fraction of sp³-hybridized carbons (Fsp3) is 0.125. The first-order chi connectivity index (χ1) is 5.77. The van der Waals surface area contributed by atoms with Crippen molar-refractivity contribution < 1.29 is 9.53 Å². The smallest absolute Gasteiger partial charge is 0.229 e. The summed E-state index contributed by atoms with van der Waals surface area (Å²) < 4.78 is 4.99. The highest BCUT2D eigenvalue weighted by atomic mass is 127. The van der Waals surface area contributed by atoms with Crippen LogP contribution in [-0.2, 0) is 0 Å². The third-order valence-electron chi connectivity index (χ3n) is 1.38. The zero-order chi connectivity index (χ0) is 8.97. The number of carbonyl (C=O) groups is 1. The van der Waals surface area contributed by atoms with E-state index in [4.69, 9.17) is 4.74 Å². The van der Waals surface area contributed by atoms with E-state index >= 15 is 0 Å². The average Bonchev–Trinajstić information content (AvgIpc) is 2.17. The first kappa shape index (κ1) is 9.85. The summed E-state index contributed by atoms with van der Waals surface area (Å²) >= 11 is 1.97. The number of benzene rings is 1. The number of rotatable bonds is 2. The number of hydrogen-bond donors (Lipinski definition) is 0. The lowest BCUT2D eigenvalue weighted by atomic mass is 10.2. The molecule has 0 N–H and O–H groups in total. The maximum Gasteiger partial charge on any atom is 0.229 e. The summed E-state index contributed by atoms with van der Waals surface area (Å²) in [5.41, 5.74) is 0.675. The molecule has 0 amide bonds. The predicted molar refractivity (Wildman–Crippen MR) is 58.9 cm³/mol. The molecule has 0 fully saturated rings. The molecule has 1 aromatic rings. The van der Waals surface area contributed by atoms with Gasteiger partial charge in [-0.2, -0.15) is 0 Å². The van der Waals surface area contributed by atoms with Gasteiger partial charge in [-0.25, -0.2) is 0 Å². The predicted octanol–water partition coefficient (Wildman–Crippen LogP) is 2.92. The number of hydrogen-bond acceptors (Lipinski definition) is 3. The van der Waals surface area contributed by atoms with Crippen molar-refractivity contribution in [3.05, 3.63) is 29.8 Å². The SMILES string of the molecule is COc1cccc(C(=O)SI)c1. The van der Waals surface area contributed by atoms with Crippen LogP contribution in [0.25, 0.3) is 0 Å². The van der Waals surface area contributed by atoms with Crippen LogP contribution in [-0.4, -0.2) is 12.2 Å². The molecule has 0 atom stereocenters. The van der Waals surface area contributed by atoms with Crippen molar-refractivity contribution in [1.29, 1.82) is 0 Å². The first-order valence-electron chi connectivity index (χ1n) is 3.25. The van der Waals surface area contributed by atoms with Crippen LogP contribution in [0.2, 0.25) is 0 Å². The molecular formula is C8H7IO2S. The Kier molecular flexibility index (Phi) is 3.87. The van der Waals surface area contributed by atoms with Gasteiger partial charge in [0.15, 0.2) is 0 Å². The Morgan fingerprint density at radius 3 is 2.92 bits per heavy atom. The quantitative estimate of drug-likeness (QED) is 0.785. The summed E-state index contributed by atoms with van der Waals surface area (Å²) in [4.78, 5) is 11.2. The molecule has 0 saturated heterocycles. The zero-order valence-electron chi connectivity index (χ0n) is 6.41. The van der Waals surface area contributed by atoms with Gasteiger partial charge in [0.1, 0.15) is 5.75 Å². The Balaban J connectivity index is 2.93. The minimum atomic E-state index is 0.0505. The second kappa shape index (κ2) is 4.71. The molecule has 0 saturated carbocycles. The van der Waals surface area contributed by atoms with E-state index in [-0.39, 0.29) is 5.12 Å². The van der Waals surface area contributed by atoms with Gasteiger partial charge >= 0.3 is 0 Å². The molecule has 0 radical (unpaired) electrons. The van der Waals surface area contributed by atoms with Crippen LogP contribution in [0.1, 0.15) is 10.4 Å². The van der Waals surface area contributed by atoms with Gasteiger partial charge in [0.05, 0.1) is 7.11 Å². The van der Waals surface area contributed by atoms with Crippen molar-refractivity contribution in [2.45, 2.75) is 0 Å². The highest BCUT2D eigenvalue weighted by Gasteiger charge is 2.04. The van der Waals surface area contributed by atoms with Crippen LogP contribution in [0.5, 0.6) is 5.75 Å². The molecule has 1 aromatic carbocycles. The van der Waals surface area contributed by atoms with Crippen LogP contribution >= 0.6 is 30.1 Å². The summed E-state index contributed by atoms with van der Waals surface area (Å²) in [7, 11) is 2.76. The maximum absolute atomic E-state index is 11.2. The highest BCUT2D eigenvalue weighted by molar-refractivity contribution is 14.2. The van der Waals surface area contributed by atoms with E-state index in [9.17, 15) is 4.79 Å². The van der Waals surface area contributed by atoms with Crippen molar-refractivity contribution in [3.63, 3.8) is 0 Å². The van der Waals surface area contributed by atoms with Gasteiger partial charge in [-0.15, -0.1) is 0 Å². The Bertz CT molecular complexity index is 288. The lowest BCUT2D eigenvalue weighted by Crippen LogP contribution is -1.91. The Hall–Kier alpha value is -0.230. The van der Waals surface area contributed by atoms with E-state index in [1.807, 2.05) is 27.3 Å². The molecule has 4 heteroatoms. The lowest BCUT2D eigenvalue weighted by Gasteiger charge is -2.00. The third kappa shape index (κ3) is 2.38. The van der Waals surface area contributed by atoms with Crippen LogP contribution in [0.3, 0.4) is 0 Å². The highest BCUT2D eigenvalue weighted by Crippen LogP contribution is 2.21. The topological polar surface area (TPSA) is 26.3 Å². The second-order valence-corrected chi connectivity index (χ2v) is 3.94. The summed E-state index contributed by atoms with van der Waals surface area (Å²) in [6.07, 6.45) is 0. The molecular weight excluding hydrogens is 287 g/mol. The monoisotopic (exact) mass is 294 g/mol. The standard InChI is InChI=1S/C8H7IO2S/c1-11-7-4-2-3-6(5-7)8(10)12-9/h2-5H,1H3. The molecule has 0 aliphatic rings. The van der Waals surface area contributed by atoms with Crippen molar-refractivity contribution >= 4 is 35.3 Å². The van der Waals surface area contributed by atoms with Crippen LogP contribution in [0.4, 0.5) is 0 Å². The average molecular weight is 294 g/mol. The van der Waals surface area contributed by atoms with Gasteiger partial charge < -0.3 is 4.74 Å². The van der Waals surface area contributed by atoms with E-state index in [1.165, 1.54) is 8.93 Å². The molecule has 0 bridgehead atoms. The van der Waals surface area contributed by atoms with Gasteiger partial charge in [-0.1, -0.05) is 12.1 Å². The number of ether oxygens (including phenoxy) is 1. The summed E-state index contributed by atoms with van der Waals surface area (Å²) in [6.45, 7) is 0. The van der Waals surface area contributed by atoms with Gasteiger partial charge in [-0.3, -0.25) is 4.79 Å². The largest absolute Gasteiger partial charge is 0.497 e. The number of carbonyl (C=O) groups excluding carboxylic acids is 1. The molecule has 64 valence electrons. The molecule has 0 unspecified atom stereocenters. The first-order valence-corrected chi connectivity index (χ1v) is 6.61. The van der Waals surface area contributed by atoms with E-state index in [0.29, 0.717) is 11.3 Å². The minimum Gasteiger partial charge on any atom is -0.497 e. The number of halogens is 1. The maximum atomic E-state index is 11.2. The normalized spacial score (nSPS) is 9.50. The van der Waals surface area contributed by atoms with Crippen molar-refractivity contribution in [2.75, 3.05) is 7.11 Å². The van der Waals surface area contributed by atoms with Gasteiger partial charge in [0.25, 0.3) is 0 Å². The van der Waals surface area contributed by atoms with E-state index < -0.39 is 0 Å². The Morgan fingerprint density at radius 2 is 2.33 bits per heavy atom. The molecule has 12 heavy (non-hydrogen) atoms. The fourth-order valence-electron chi connectivity index (χ4n) is 0.795. The lowest BCUT2D eigenvalue weighted by molar-refractivity contribution is 0.109. The van der Waals surface area contributed by atoms with Gasteiger partial charge in [0, 0.05) is 26.8 Å². The van der Waals surface area contributed by atoms with Crippen molar-refractivity contribution in [2.24, 2.45) is 0 Å². The van der Waals surface area contributed by atoms with Crippen LogP contribution in [0.15, 0.2) is 24.3 Å². The molecule has 0 aliphatic carbocycles. The molecule has 0 heterocycles. The van der Waals surface area contributed by atoms with Crippen molar-refractivity contribution in [1.82, 2.24) is 0 Å². The zero-order valence-corrected chi connectivity index (χ0v) is 9.39.